The van der Waals surface area contributed by atoms with Crippen molar-refractivity contribution in [1.29, 1.82) is 0 Å². The van der Waals surface area contributed by atoms with Crippen molar-refractivity contribution in [3.8, 4) is 11.5 Å². The summed E-state index contributed by atoms with van der Waals surface area (Å²) in [5.41, 5.74) is 7.86. The maximum atomic E-state index is 5.85. The van der Waals surface area contributed by atoms with Crippen LogP contribution in [0.1, 0.15) is 31.0 Å². The van der Waals surface area contributed by atoms with Crippen molar-refractivity contribution < 1.29 is 4.74 Å². The van der Waals surface area contributed by atoms with E-state index in [1.807, 2.05) is 36.0 Å². The summed E-state index contributed by atoms with van der Waals surface area (Å²) in [6.45, 7) is 6.65. The Balaban J connectivity index is 2.24. The third kappa shape index (κ3) is 2.71. The van der Waals surface area contributed by atoms with Crippen molar-refractivity contribution in [1.82, 2.24) is 9.78 Å². The number of hydrogen-bond acceptors (Lipinski definition) is 3. The van der Waals surface area contributed by atoms with Crippen LogP contribution in [0.25, 0.3) is 0 Å². The molecule has 0 radical (unpaired) electrons. The predicted molar refractivity (Wildman–Crippen MR) is 71.8 cm³/mol. The number of rotatable bonds is 4. The molecule has 0 aliphatic heterocycles. The molecule has 1 aromatic carbocycles. The van der Waals surface area contributed by atoms with E-state index < -0.39 is 0 Å². The third-order valence-corrected chi connectivity index (χ3v) is 2.78. The Kier molecular flexibility index (Phi) is 3.67. The predicted octanol–water partition coefficient (Wildman–Crippen LogP) is 3.02. The highest BCUT2D eigenvalue weighted by Gasteiger charge is 2.07. The molecule has 4 nitrogen and oxygen atoms in total. The molecule has 0 saturated carbocycles. The van der Waals surface area contributed by atoms with E-state index in [1.165, 1.54) is 0 Å². The van der Waals surface area contributed by atoms with Crippen molar-refractivity contribution in [2.24, 2.45) is 5.73 Å². The van der Waals surface area contributed by atoms with Crippen LogP contribution in [-0.4, -0.2) is 9.78 Å². The molecule has 2 aromatic rings. The summed E-state index contributed by atoms with van der Waals surface area (Å²) in [6, 6.07) is 6.35. The summed E-state index contributed by atoms with van der Waals surface area (Å²) in [6.07, 6.45) is 3.62. The van der Waals surface area contributed by atoms with Crippen LogP contribution in [0.2, 0.25) is 0 Å². The molecule has 18 heavy (non-hydrogen) atoms. The van der Waals surface area contributed by atoms with Crippen LogP contribution in [0.15, 0.2) is 30.6 Å². The Hall–Kier alpha value is -1.81. The minimum atomic E-state index is 0.328. The first-order valence-corrected chi connectivity index (χ1v) is 6.11. The van der Waals surface area contributed by atoms with E-state index >= 15 is 0 Å². The van der Waals surface area contributed by atoms with Crippen LogP contribution in [0.4, 0.5) is 0 Å². The lowest BCUT2D eigenvalue weighted by molar-refractivity contribution is 0.471. The molecular weight excluding hydrogens is 226 g/mol. The molecule has 2 rings (SSSR count). The van der Waals surface area contributed by atoms with Crippen molar-refractivity contribution in [2.45, 2.75) is 33.4 Å². The number of benzene rings is 1. The molecule has 0 aliphatic rings. The van der Waals surface area contributed by atoms with Crippen LogP contribution >= 0.6 is 0 Å². The summed E-state index contributed by atoms with van der Waals surface area (Å²) in [7, 11) is 0. The zero-order chi connectivity index (χ0) is 13.1. The molecule has 0 amide bonds. The Labute approximate surface area is 107 Å². The molecule has 1 aromatic heterocycles. The molecule has 0 aliphatic carbocycles. The van der Waals surface area contributed by atoms with Gasteiger partial charge in [-0.15, -0.1) is 0 Å². The van der Waals surface area contributed by atoms with Crippen molar-refractivity contribution in [3.05, 3.63) is 41.7 Å². The van der Waals surface area contributed by atoms with Gasteiger partial charge in [-0.3, -0.25) is 4.68 Å². The van der Waals surface area contributed by atoms with Gasteiger partial charge in [0, 0.05) is 18.2 Å². The highest BCUT2D eigenvalue weighted by Crippen LogP contribution is 2.26. The SMILES string of the molecule is Cc1ccc(CN)c(Oc2cnn(C(C)C)c2)c1. The minimum Gasteiger partial charge on any atom is -0.454 e. The first-order chi connectivity index (χ1) is 8.60. The molecule has 0 unspecified atom stereocenters. The highest BCUT2D eigenvalue weighted by atomic mass is 16.5. The molecule has 96 valence electrons. The Morgan fingerprint density at radius 2 is 2.17 bits per heavy atom. The van der Waals surface area contributed by atoms with E-state index in [0.717, 1.165) is 22.6 Å². The fourth-order valence-corrected chi connectivity index (χ4v) is 1.71. The van der Waals surface area contributed by atoms with Gasteiger partial charge in [-0.25, -0.2) is 0 Å². The van der Waals surface area contributed by atoms with E-state index in [1.54, 1.807) is 6.20 Å². The smallest absolute Gasteiger partial charge is 0.165 e. The van der Waals surface area contributed by atoms with E-state index in [0.29, 0.717) is 12.6 Å². The van der Waals surface area contributed by atoms with E-state index in [4.69, 9.17) is 10.5 Å². The van der Waals surface area contributed by atoms with Crippen LogP contribution in [0, 0.1) is 6.92 Å². The highest BCUT2D eigenvalue weighted by molar-refractivity contribution is 5.39. The number of ether oxygens (including phenoxy) is 1. The number of hydrogen-bond donors (Lipinski definition) is 1. The average Bonchev–Trinajstić information content (AvgIpc) is 2.78. The summed E-state index contributed by atoms with van der Waals surface area (Å²) in [5.74, 6) is 1.55. The lowest BCUT2D eigenvalue weighted by Crippen LogP contribution is -2.00. The van der Waals surface area contributed by atoms with Crippen molar-refractivity contribution in [2.75, 3.05) is 0 Å². The van der Waals surface area contributed by atoms with Gasteiger partial charge in [0.25, 0.3) is 0 Å². The summed E-state index contributed by atoms with van der Waals surface area (Å²) < 4.78 is 7.72. The van der Waals surface area contributed by atoms with Crippen molar-refractivity contribution in [3.63, 3.8) is 0 Å². The molecule has 1 heterocycles. The number of aryl methyl sites for hydroxylation is 1. The van der Waals surface area contributed by atoms with Crippen LogP contribution < -0.4 is 10.5 Å². The fourth-order valence-electron chi connectivity index (χ4n) is 1.71. The number of aromatic nitrogens is 2. The van der Waals surface area contributed by atoms with Gasteiger partial charge in [0.05, 0.1) is 12.4 Å². The normalized spacial score (nSPS) is 10.9. The maximum Gasteiger partial charge on any atom is 0.165 e. The van der Waals surface area contributed by atoms with Crippen LogP contribution in [-0.2, 0) is 6.54 Å². The summed E-state index contributed by atoms with van der Waals surface area (Å²) in [4.78, 5) is 0. The van der Waals surface area contributed by atoms with E-state index in [9.17, 15) is 0 Å². The zero-order valence-corrected chi connectivity index (χ0v) is 11.1. The maximum absolute atomic E-state index is 5.85. The average molecular weight is 245 g/mol. The molecule has 0 saturated heterocycles. The van der Waals surface area contributed by atoms with E-state index in [2.05, 4.69) is 18.9 Å². The molecule has 0 fully saturated rings. The van der Waals surface area contributed by atoms with Gasteiger partial charge in [-0.2, -0.15) is 5.10 Å². The van der Waals surface area contributed by atoms with Gasteiger partial charge < -0.3 is 10.5 Å². The van der Waals surface area contributed by atoms with Gasteiger partial charge >= 0.3 is 0 Å². The van der Waals surface area contributed by atoms with Gasteiger partial charge in [-0.05, 0) is 32.4 Å². The third-order valence-electron chi connectivity index (χ3n) is 2.78. The van der Waals surface area contributed by atoms with Gasteiger partial charge in [-0.1, -0.05) is 12.1 Å². The molecule has 4 heteroatoms. The minimum absolute atomic E-state index is 0.328. The topological polar surface area (TPSA) is 53.1 Å². The summed E-state index contributed by atoms with van der Waals surface area (Å²) in [5, 5.41) is 4.25. The Morgan fingerprint density at radius 3 is 2.78 bits per heavy atom. The molecule has 2 N–H and O–H groups in total. The first-order valence-electron chi connectivity index (χ1n) is 6.11. The summed E-state index contributed by atoms with van der Waals surface area (Å²) >= 11 is 0. The monoisotopic (exact) mass is 245 g/mol. The Bertz CT molecular complexity index is 532. The molecule has 0 bridgehead atoms. The van der Waals surface area contributed by atoms with Gasteiger partial charge in [0.1, 0.15) is 5.75 Å². The van der Waals surface area contributed by atoms with E-state index in [-0.39, 0.29) is 0 Å². The lowest BCUT2D eigenvalue weighted by atomic mass is 10.1. The standard InChI is InChI=1S/C14H19N3O/c1-10(2)17-9-13(8-16-17)18-14-6-11(3)4-5-12(14)7-15/h4-6,8-10H,7,15H2,1-3H3. The van der Waals surface area contributed by atoms with Crippen molar-refractivity contribution >= 4 is 0 Å². The Morgan fingerprint density at radius 1 is 1.39 bits per heavy atom. The second-order valence-corrected chi connectivity index (χ2v) is 4.67. The zero-order valence-electron chi connectivity index (χ0n) is 11.1. The molecular formula is C14H19N3O. The fraction of sp³-hybridized carbons (Fsp3) is 0.357. The second-order valence-electron chi connectivity index (χ2n) is 4.67. The quantitative estimate of drug-likeness (QED) is 0.900. The largest absolute Gasteiger partial charge is 0.454 e. The van der Waals surface area contributed by atoms with Gasteiger partial charge in [0.2, 0.25) is 0 Å². The number of nitrogens with two attached hydrogens (primary N) is 1. The molecule has 0 atom stereocenters. The second kappa shape index (κ2) is 5.23. The number of nitrogens with zero attached hydrogens (tertiary/aromatic N) is 2. The van der Waals surface area contributed by atoms with Crippen LogP contribution in [0.5, 0.6) is 11.5 Å². The van der Waals surface area contributed by atoms with Crippen LogP contribution in [0.3, 0.4) is 0 Å². The first kappa shape index (κ1) is 12.6. The lowest BCUT2D eigenvalue weighted by Gasteiger charge is -2.09. The van der Waals surface area contributed by atoms with Gasteiger partial charge in [0.15, 0.2) is 5.75 Å². The molecule has 0 spiro atoms.